The molecule has 0 N–H and O–H groups in total. The number of carbonyl (C=O) groups excluding carboxylic acids is 2. The van der Waals surface area contributed by atoms with Crippen molar-refractivity contribution in [1.82, 2.24) is 19.6 Å². The second-order valence-electron chi connectivity index (χ2n) is 6.65. The third-order valence-corrected chi connectivity index (χ3v) is 4.99. The summed E-state index contributed by atoms with van der Waals surface area (Å²) in [6, 6.07) is 9.29. The smallest absolute Gasteiger partial charge is 0.245 e. The highest BCUT2D eigenvalue weighted by atomic mass is 16.2. The van der Waals surface area contributed by atoms with Gasteiger partial charge in [0.15, 0.2) is 0 Å². The lowest BCUT2D eigenvalue weighted by Gasteiger charge is -2.39. The van der Waals surface area contributed by atoms with E-state index in [1.54, 1.807) is 16.7 Å². The van der Waals surface area contributed by atoms with E-state index in [9.17, 15) is 9.59 Å². The van der Waals surface area contributed by atoms with Crippen LogP contribution < -0.4 is 0 Å². The van der Waals surface area contributed by atoms with Crippen LogP contribution in [0.1, 0.15) is 29.4 Å². The molecule has 0 bridgehead atoms. The Bertz CT molecular complexity index is 797. The van der Waals surface area contributed by atoms with Crippen LogP contribution in [0.25, 0.3) is 0 Å². The highest BCUT2D eigenvalue weighted by molar-refractivity contribution is 5.94. The summed E-state index contributed by atoms with van der Waals surface area (Å²) in [4.78, 5) is 28.8. The van der Waals surface area contributed by atoms with Gasteiger partial charge in [-0.05, 0) is 26.3 Å². The zero-order valence-electron chi connectivity index (χ0n) is 15.2. The maximum absolute atomic E-state index is 12.8. The second kappa shape index (κ2) is 6.70. The first-order chi connectivity index (χ1) is 11.9. The van der Waals surface area contributed by atoms with Gasteiger partial charge < -0.3 is 9.80 Å². The lowest BCUT2D eigenvalue weighted by molar-refractivity contribution is -0.156. The fourth-order valence-corrected chi connectivity index (χ4v) is 3.32. The number of aryl methyl sites for hydroxylation is 2. The van der Waals surface area contributed by atoms with Gasteiger partial charge in [0.2, 0.25) is 11.8 Å². The van der Waals surface area contributed by atoms with Crippen LogP contribution in [0.2, 0.25) is 0 Å². The van der Waals surface area contributed by atoms with Gasteiger partial charge >= 0.3 is 0 Å². The van der Waals surface area contributed by atoms with Crippen LogP contribution in [0, 0.1) is 13.8 Å². The number of carbonyl (C=O) groups is 2. The van der Waals surface area contributed by atoms with Crippen molar-refractivity contribution in [1.29, 1.82) is 0 Å². The van der Waals surface area contributed by atoms with Gasteiger partial charge in [-0.25, -0.2) is 0 Å². The number of rotatable bonds is 4. The summed E-state index contributed by atoms with van der Waals surface area (Å²) in [7, 11) is 1.89. The molecule has 1 fully saturated rings. The van der Waals surface area contributed by atoms with Crippen LogP contribution in [0.4, 0.5) is 0 Å². The zero-order chi connectivity index (χ0) is 18.1. The summed E-state index contributed by atoms with van der Waals surface area (Å²) >= 11 is 0. The van der Waals surface area contributed by atoms with Gasteiger partial charge in [-0.3, -0.25) is 14.3 Å². The molecular weight excluding hydrogens is 316 g/mol. The maximum Gasteiger partial charge on any atom is 0.245 e. The van der Waals surface area contributed by atoms with Gasteiger partial charge in [-0.2, -0.15) is 5.10 Å². The first kappa shape index (κ1) is 17.2. The monoisotopic (exact) mass is 340 g/mol. The molecule has 132 valence electrons. The Morgan fingerprint density at radius 1 is 1.12 bits per heavy atom. The van der Waals surface area contributed by atoms with Crippen molar-refractivity contribution in [2.45, 2.75) is 39.9 Å². The summed E-state index contributed by atoms with van der Waals surface area (Å²) < 4.78 is 1.81. The van der Waals surface area contributed by atoms with Crippen LogP contribution >= 0.6 is 0 Å². The quantitative estimate of drug-likeness (QED) is 0.853. The molecule has 6 heteroatoms. The molecule has 1 atom stereocenters. The molecule has 1 aromatic carbocycles. The Morgan fingerprint density at radius 3 is 2.40 bits per heavy atom. The van der Waals surface area contributed by atoms with Gasteiger partial charge in [-0.1, -0.05) is 30.3 Å². The van der Waals surface area contributed by atoms with Crippen molar-refractivity contribution in [2.24, 2.45) is 7.05 Å². The number of benzene rings is 1. The second-order valence-corrected chi connectivity index (χ2v) is 6.65. The highest BCUT2D eigenvalue weighted by Gasteiger charge is 2.37. The molecule has 25 heavy (non-hydrogen) atoms. The predicted molar refractivity (Wildman–Crippen MR) is 94.6 cm³/mol. The predicted octanol–water partition coefficient (Wildman–Crippen LogP) is 1.80. The van der Waals surface area contributed by atoms with Crippen molar-refractivity contribution in [3.8, 4) is 0 Å². The Labute approximate surface area is 148 Å². The van der Waals surface area contributed by atoms with Crippen LogP contribution in [0.3, 0.4) is 0 Å². The van der Waals surface area contributed by atoms with E-state index in [1.165, 1.54) is 0 Å². The van der Waals surface area contributed by atoms with E-state index in [0.717, 1.165) is 22.5 Å². The number of hydrogen-bond acceptors (Lipinski definition) is 3. The van der Waals surface area contributed by atoms with Crippen molar-refractivity contribution >= 4 is 11.8 Å². The molecule has 2 amide bonds. The molecule has 0 spiro atoms. The van der Waals surface area contributed by atoms with Gasteiger partial charge in [0.25, 0.3) is 0 Å². The Hall–Kier alpha value is -2.63. The third-order valence-electron chi connectivity index (χ3n) is 4.99. The Kier molecular flexibility index (Phi) is 4.61. The zero-order valence-corrected chi connectivity index (χ0v) is 15.2. The highest BCUT2D eigenvalue weighted by Crippen LogP contribution is 2.21. The van der Waals surface area contributed by atoms with E-state index in [4.69, 9.17) is 0 Å². The third kappa shape index (κ3) is 3.29. The van der Waals surface area contributed by atoms with Gasteiger partial charge in [-0.15, -0.1) is 0 Å². The summed E-state index contributed by atoms with van der Waals surface area (Å²) in [5.41, 5.74) is 3.98. The van der Waals surface area contributed by atoms with E-state index in [2.05, 4.69) is 5.10 Å². The summed E-state index contributed by atoms with van der Waals surface area (Å²) in [5, 5.41) is 4.40. The molecule has 1 aliphatic rings. The van der Waals surface area contributed by atoms with Gasteiger partial charge in [0, 0.05) is 24.8 Å². The molecule has 1 aliphatic heterocycles. The minimum absolute atomic E-state index is 0.0114. The Balaban J connectivity index is 1.76. The molecule has 2 heterocycles. The SMILES string of the molecule is Cc1nn(C)c(C)c1CN1C(=O)CN(Cc2ccccc2)C(=O)[C@H]1C. The van der Waals surface area contributed by atoms with E-state index in [-0.39, 0.29) is 18.4 Å². The number of piperazine rings is 1. The lowest BCUT2D eigenvalue weighted by atomic mass is 10.1. The molecule has 3 rings (SSSR count). The van der Waals surface area contributed by atoms with Crippen LogP contribution in [-0.4, -0.2) is 44.0 Å². The van der Waals surface area contributed by atoms with Crippen molar-refractivity contribution < 1.29 is 9.59 Å². The summed E-state index contributed by atoms with van der Waals surface area (Å²) in [5.74, 6) is -0.0340. The van der Waals surface area contributed by atoms with E-state index < -0.39 is 6.04 Å². The largest absolute Gasteiger partial charge is 0.327 e. The minimum Gasteiger partial charge on any atom is -0.327 e. The molecule has 0 saturated carbocycles. The minimum atomic E-state index is -0.469. The molecule has 0 unspecified atom stereocenters. The molecule has 6 nitrogen and oxygen atoms in total. The summed E-state index contributed by atoms with van der Waals surface area (Å²) in [6.45, 7) is 6.74. The first-order valence-electron chi connectivity index (χ1n) is 8.49. The molecule has 0 aliphatic carbocycles. The standard InChI is InChI=1S/C19H24N4O2/c1-13-17(14(2)21(4)20-13)11-23-15(3)19(25)22(12-18(23)24)10-16-8-6-5-7-9-16/h5-9,15H,10-12H2,1-4H3/t15-/m1/s1. The van der Waals surface area contributed by atoms with E-state index >= 15 is 0 Å². The van der Waals surface area contributed by atoms with E-state index in [1.807, 2.05) is 55.9 Å². The molecule has 1 aromatic heterocycles. The molecule has 0 radical (unpaired) electrons. The normalized spacial score (nSPS) is 18.2. The summed E-state index contributed by atoms with van der Waals surface area (Å²) in [6.07, 6.45) is 0. The van der Waals surface area contributed by atoms with Crippen LogP contribution in [0.5, 0.6) is 0 Å². The Morgan fingerprint density at radius 2 is 1.80 bits per heavy atom. The number of nitrogens with zero attached hydrogens (tertiary/aromatic N) is 4. The topological polar surface area (TPSA) is 58.4 Å². The first-order valence-corrected chi connectivity index (χ1v) is 8.49. The van der Waals surface area contributed by atoms with Gasteiger partial charge in [0.05, 0.1) is 12.2 Å². The molecule has 1 saturated heterocycles. The fourth-order valence-electron chi connectivity index (χ4n) is 3.32. The lowest BCUT2D eigenvalue weighted by Crippen LogP contribution is -2.58. The maximum atomic E-state index is 12.8. The number of amides is 2. The van der Waals surface area contributed by atoms with E-state index in [0.29, 0.717) is 13.1 Å². The van der Waals surface area contributed by atoms with Crippen LogP contribution in [-0.2, 0) is 29.7 Å². The molecular formula is C19H24N4O2. The average molecular weight is 340 g/mol. The average Bonchev–Trinajstić information content (AvgIpc) is 2.83. The number of aromatic nitrogens is 2. The van der Waals surface area contributed by atoms with Crippen molar-refractivity contribution in [3.63, 3.8) is 0 Å². The fraction of sp³-hybridized carbons (Fsp3) is 0.421. The van der Waals surface area contributed by atoms with Crippen molar-refractivity contribution in [3.05, 3.63) is 52.8 Å². The van der Waals surface area contributed by atoms with Crippen molar-refractivity contribution in [2.75, 3.05) is 6.54 Å². The van der Waals surface area contributed by atoms with Crippen LogP contribution in [0.15, 0.2) is 30.3 Å². The van der Waals surface area contributed by atoms with Gasteiger partial charge in [0.1, 0.15) is 12.6 Å². The molecule has 2 aromatic rings. The number of hydrogen-bond donors (Lipinski definition) is 0.